The standard InChI is InChI=1S/C17H25N3O9.H4NO3P/c21-10-9-12(20-8-5-11(22)18-17(20)28)29-15(10)16(27)19(6-1-3-13(23)24)7-2-4-14(25)26;1-5(2,3)4/h5,8,10,12,15-16,21,27H,1-4,6-7,9H2,(H,23,24)(H,25,26)(H,18,22,28);(H4,1,2,3,4)/t10-,12+,15-,16?;/m0./s1. The van der Waals surface area contributed by atoms with Crippen LogP contribution in [0.5, 0.6) is 0 Å². The number of aliphatic hydroxyl groups excluding tert-OH is 2. The Morgan fingerprint density at radius 1 is 1.21 bits per heavy atom. The van der Waals surface area contributed by atoms with Crippen molar-refractivity contribution in [1.29, 1.82) is 0 Å². The lowest BCUT2D eigenvalue weighted by molar-refractivity contribution is -0.144. The molecule has 2 heterocycles. The number of aliphatic hydroxyl groups is 2. The van der Waals surface area contributed by atoms with Gasteiger partial charge in [0.2, 0.25) is 0 Å². The maximum Gasteiger partial charge on any atom is 0.397 e. The molecule has 0 bridgehead atoms. The first-order valence-corrected chi connectivity index (χ1v) is 11.7. The summed E-state index contributed by atoms with van der Waals surface area (Å²) >= 11 is 0. The first-order valence-electron chi connectivity index (χ1n) is 10.0. The summed E-state index contributed by atoms with van der Waals surface area (Å²) in [7, 11) is -4.14. The molecule has 0 amide bonds. The van der Waals surface area contributed by atoms with Gasteiger partial charge < -0.3 is 34.9 Å². The quantitative estimate of drug-likeness (QED) is 0.113. The lowest BCUT2D eigenvalue weighted by atomic mass is 10.1. The van der Waals surface area contributed by atoms with Gasteiger partial charge in [-0.3, -0.25) is 28.8 Å². The molecule has 0 aromatic carbocycles. The van der Waals surface area contributed by atoms with Crippen LogP contribution in [0.2, 0.25) is 0 Å². The van der Waals surface area contributed by atoms with Gasteiger partial charge in [0.05, 0.1) is 6.10 Å². The molecule has 1 fully saturated rings. The van der Waals surface area contributed by atoms with Gasteiger partial charge in [-0.2, -0.15) is 0 Å². The van der Waals surface area contributed by atoms with E-state index in [4.69, 9.17) is 29.3 Å². The van der Waals surface area contributed by atoms with E-state index in [1.807, 2.05) is 0 Å². The van der Waals surface area contributed by atoms with E-state index in [-0.39, 0.29) is 45.2 Å². The van der Waals surface area contributed by atoms with Crippen molar-refractivity contribution in [2.24, 2.45) is 5.50 Å². The summed E-state index contributed by atoms with van der Waals surface area (Å²) in [6.45, 7) is 0.311. The maximum atomic E-state index is 11.9. The van der Waals surface area contributed by atoms with E-state index in [1.165, 1.54) is 11.1 Å². The van der Waals surface area contributed by atoms with Gasteiger partial charge in [0.15, 0.2) is 0 Å². The van der Waals surface area contributed by atoms with Crippen molar-refractivity contribution >= 4 is 19.7 Å². The highest BCUT2D eigenvalue weighted by Gasteiger charge is 2.41. The van der Waals surface area contributed by atoms with Crippen LogP contribution in [-0.2, 0) is 18.9 Å². The lowest BCUT2D eigenvalue weighted by Gasteiger charge is -2.32. The molecule has 16 nitrogen and oxygen atoms in total. The second-order valence-electron chi connectivity index (χ2n) is 7.41. The van der Waals surface area contributed by atoms with Gasteiger partial charge in [0, 0.05) is 44.6 Å². The summed E-state index contributed by atoms with van der Waals surface area (Å²) in [5.74, 6) is -2.00. The minimum atomic E-state index is -4.14. The Hall–Kier alpha value is -2.43. The second kappa shape index (κ2) is 13.5. The van der Waals surface area contributed by atoms with Crippen molar-refractivity contribution < 1.29 is 49.1 Å². The zero-order valence-corrected chi connectivity index (χ0v) is 18.9. The molecule has 34 heavy (non-hydrogen) atoms. The van der Waals surface area contributed by atoms with Crippen LogP contribution < -0.4 is 16.8 Å². The SMILES string of the molecule is NP(=O)(O)O.O=C(O)CCCN(CCCC(=O)O)C(O)[C@H]1O[C@@H](n2ccc(=O)[nH]c2=O)C[C@@H]1O. The second-order valence-corrected chi connectivity index (χ2v) is 8.59. The van der Waals surface area contributed by atoms with Crippen LogP contribution in [0.1, 0.15) is 38.3 Å². The van der Waals surface area contributed by atoms with Crippen molar-refractivity contribution in [1.82, 2.24) is 14.5 Å². The summed E-state index contributed by atoms with van der Waals surface area (Å²) in [4.78, 5) is 62.9. The summed E-state index contributed by atoms with van der Waals surface area (Å²) in [6, 6.07) is 1.13. The summed E-state index contributed by atoms with van der Waals surface area (Å²) in [5.41, 5.74) is 2.72. The van der Waals surface area contributed by atoms with Crippen molar-refractivity contribution in [2.75, 3.05) is 13.1 Å². The molecule has 0 saturated carbocycles. The van der Waals surface area contributed by atoms with E-state index in [9.17, 15) is 29.4 Å². The molecule has 9 N–H and O–H groups in total. The molecule has 1 saturated heterocycles. The van der Waals surface area contributed by atoms with Gasteiger partial charge >= 0.3 is 25.4 Å². The van der Waals surface area contributed by atoms with Crippen LogP contribution in [0.4, 0.5) is 0 Å². The lowest BCUT2D eigenvalue weighted by Crippen LogP contribution is -2.48. The van der Waals surface area contributed by atoms with Crippen molar-refractivity contribution in [3.05, 3.63) is 33.1 Å². The highest BCUT2D eigenvalue weighted by atomic mass is 31.2. The Morgan fingerprint density at radius 2 is 1.71 bits per heavy atom. The summed E-state index contributed by atoms with van der Waals surface area (Å²) < 4.78 is 15.8. The monoisotopic (exact) mass is 512 g/mol. The number of rotatable bonds is 11. The largest absolute Gasteiger partial charge is 0.481 e. The molecule has 0 aliphatic carbocycles. The van der Waals surface area contributed by atoms with E-state index < -0.39 is 55.6 Å². The molecular weight excluding hydrogens is 483 g/mol. The Labute approximate surface area is 192 Å². The van der Waals surface area contributed by atoms with Gasteiger partial charge in [-0.25, -0.2) is 14.9 Å². The third kappa shape index (κ3) is 11.1. The predicted octanol–water partition coefficient (Wildman–Crippen LogP) is -2.43. The van der Waals surface area contributed by atoms with Gasteiger partial charge in [-0.05, 0) is 12.8 Å². The number of carboxylic acids is 2. The van der Waals surface area contributed by atoms with Crippen LogP contribution in [-0.4, -0.2) is 88.1 Å². The van der Waals surface area contributed by atoms with Gasteiger partial charge in [0.25, 0.3) is 5.56 Å². The van der Waals surface area contributed by atoms with Crippen molar-refractivity contribution in [2.45, 2.75) is 56.8 Å². The number of nitrogens with two attached hydrogens (primary N) is 1. The Kier molecular flexibility index (Phi) is 11.7. The molecular formula is C17H29N4O12P. The fourth-order valence-electron chi connectivity index (χ4n) is 3.22. The normalized spacial score (nSPS) is 21.1. The minimum absolute atomic E-state index is 0.00817. The molecule has 1 aromatic rings. The fourth-order valence-corrected chi connectivity index (χ4v) is 3.22. The number of aliphatic carboxylic acids is 2. The first kappa shape index (κ1) is 29.6. The van der Waals surface area contributed by atoms with Crippen LogP contribution >= 0.6 is 7.75 Å². The highest BCUT2D eigenvalue weighted by molar-refractivity contribution is 7.49. The van der Waals surface area contributed by atoms with Crippen molar-refractivity contribution in [3.8, 4) is 0 Å². The molecule has 2 rings (SSSR count). The van der Waals surface area contributed by atoms with E-state index in [0.717, 1.165) is 10.6 Å². The number of nitrogens with zero attached hydrogens (tertiary/aromatic N) is 2. The zero-order valence-electron chi connectivity index (χ0n) is 18.0. The molecule has 194 valence electrons. The third-order valence-corrected chi connectivity index (χ3v) is 4.64. The smallest absolute Gasteiger partial charge is 0.397 e. The van der Waals surface area contributed by atoms with Crippen LogP contribution in [0.15, 0.2) is 21.9 Å². The number of ether oxygens (including phenoxy) is 1. The fraction of sp³-hybridized carbons (Fsp3) is 0.647. The third-order valence-electron chi connectivity index (χ3n) is 4.64. The number of aromatic nitrogens is 2. The number of carbonyl (C=O) groups is 2. The topological polar surface area (TPSA) is 266 Å². The number of nitrogens with one attached hydrogen (secondary N) is 1. The molecule has 1 aromatic heterocycles. The highest BCUT2D eigenvalue weighted by Crippen LogP contribution is 2.30. The number of hydrogen-bond donors (Lipinski definition) is 8. The van der Waals surface area contributed by atoms with Crippen LogP contribution in [0.25, 0.3) is 0 Å². The van der Waals surface area contributed by atoms with Gasteiger partial charge in [-0.15, -0.1) is 0 Å². The van der Waals surface area contributed by atoms with E-state index >= 15 is 0 Å². The molecule has 4 atom stereocenters. The number of aromatic amines is 1. The summed E-state index contributed by atoms with van der Waals surface area (Å²) in [6.07, 6.45) is -3.10. The molecule has 1 aliphatic rings. The van der Waals surface area contributed by atoms with Gasteiger partial charge in [-0.1, -0.05) is 0 Å². The summed E-state index contributed by atoms with van der Waals surface area (Å²) in [5, 5.41) is 38.6. The van der Waals surface area contributed by atoms with E-state index in [2.05, 4.69) is 10.5 Å². The van der Waals surface area contributed by atoms with E-state index in [1.54, 1.807) is 0 Å². The predicted molar refractivity (Wildman–Crippen MR) is 113 cm³/mol. The molecule has 0 spiro atoms. The minimum Gasteiger partial charge on any atom is -0.481 e. The van der Waals surface area contributed by atoms with Crippen LogP contribution in [0.3, 0.4) is 0 Å². The maximum absolute atomic E-state index is 11.9. The molecule has 0 radical (unpaired) electrons. The molecule has 1 aliphatic heterocycles. The molecule has 1 unspecified atom stereocenters. The number of hydrogen-bond acceptors (Lipinski definition) is 9. The Balaban J connectivity index is 0.00000104. The van der Waals surface area contributed by atoms with Crippen LogP contribution in [0, 0.1) is 0 Å². The first-order chi connectivity index (χ1) is 15.7. The Bertz CT molecular complexity index is 947. The number of carboxylic acid groups (broad SMARTS) is 2. The number of H-pyrrole nitrogens is 1. The molecule has 17 heteroatoms. The Morgan fingerprint density at radius 3 is 2.15 bits per heavy atom. The zero-order chi connectivity index (χ0) is 26.1. The average Bonchev–Trinajstić information content (AvgIpc) is 3.05. The average molecular weight is 512 g/mol. The van der Waals surface area contributed by atoms with E-state index in [0.29, 0.717) is 0 Å². The van der Waals surface area contributed by atoms with Crippen molar-refractivity contribution in [3.63, 3.8) is 0 Å². The van der Waals surface area contributed by atoms with Gasteiger partial charge in [0.1, 0.15) is 18.6 Å².